The molecule has 0 unspecified atom stereocenters. The molecule has 1 heterocycles. The highest BCUT2D eigenvalue weighted by molar-refractivity contribution is 4.96. The van der Waals surface area contributed by atoms with Gasteiger partial charge in [-0.15, -0.1) is 0 Å². The molecular formula is C7H12F2O2. The average Bonchev–Trinajstić information content (AvgIpc) is 1.86. The molecule has 1 fully saturated rings. The highest BCUT2D eigenvalue weighted by Crippen LogP contribution is 2.45. The number of hydrogen-bond donors (Lipinski definition) is 1. The Hall–Kier alpha value is -0.220. The highest BCUT2D eigenvalue weighted by Gasteiger charge is 2.56. The fourth-order valence-electron chi connectivity index (χ4n) is 1.19. The monoisotopic (exact) mass is 166 g/mol. The van der Waals surface area contributed by atoms with Gasteiger partial charge in [-0.25, -0.2) is 8.78 Å². The molecule has 0 aromatic carbocycles. The molecular weight excluding hydrogens is 154 g/mol. The first-order valence-electron chi connectivity index (χ1n) is 3.64. The molecule has 4 heteroatoms. The summed E-state index contributed by atoms with van der Waals surface area (Å²) < 4.78 is 30.6. The summed E-state index contributed by atoms with van der Waals surface area (Å²) in [6, 6.07) is 0. The molecule has 1 N–H and O–H groups in total. The van der Waals surface area contributed by atoms with E-state index in [0.29, 0.717) is 6.42 Å². The third-order valence-corrected chi connectivity index (χ3v) is 2.41. The summed E-state index contributed by atoms with van der Waals surface area (Å²) in [6.45, 7) is 0.740. The van der Waals surface area contributed by atoms with Gasteiger partial charge in [-0.1, -0.05) is 6.92 Å². The summed E-state index contributed by atoms with van der Waals surface area (Å²) in [5.41, 5.74) is -1.10. The molecule has 0 spiro atoms. The van der Waals surface area contributed by atoms with Crippen LogP contribution in [-0.2, 0) is 4.74 Å². The van der Waals surface area contributed by atoms with Crippen molar-refractivity contribution in [3.8, 4) is 0 Å². The lowest BCUT2D eigenvalue weighted by Gasteiger charge is -2.45. The topological polar surface area (TPSA) is 29.5 Å². The van der Waals surface area contributed by atoms with Gasteiger partial charge in [-0.2, -0.15) is 0 Å². The van der Waals surface area contributed by atoms with E-state index >= 15 is 0 Å². The van der Waals surface area contributed by atoms with E-state index in [0.717, 1.165) is 0 Å². The first-order chi connectivity index (χ1) is 5.08. The number of halogens is 2. The molecule has 1 aliphatic rings. The maximum atomic E-state index is 12.9. The average molecular weight is 166 g/mol. The fraction of sp³-hybridized carbons (Fsp3) is 1.00. The summed E-state index contributed by atoms with van der Waals surface area (Å²) in [5, 5.41) is 8.42. The molecule has 0 amide bonds. The minimum absolute atomic E-state index is 0.0665. The van der Waals surface area contributed by atoms with E-state index in [4.69, 9.17) is 9.84 Å². The number of ether oxygens (including phenoxy) is 1. The van der Waals surface area contributed by atoms with Crippen LogP contribution in [0.1, 0.15) is 13.3 Å². The van der Waals surface area contributed by atoms with Crippen molar-refractivity contribution in [2.75, 3.05) is 19.8 Å². The first kappa shape index (κ1) is 8.87. The summed E-state index contributed by atoms with van der Waals surface area (Å²) >= 11 is 0. The molecule has 0 saturated carbocycles. The van der Waals surface area contributed by atoms with Crippen molar-refractivity contribution >= 4 is 0 Å². The van der Waals surface area contributed by atoms with Gasteiger partial charge < -0.3 is 9.84 Å². The zero-order valence-electron chi connectivity index (χ0n) is 6.44. The van der Waals surface area contributed by atoms with E-state index in [2.05, 4.69) is 0 Å². The number of rotatable bonds is 3. The minimum Gasteiger partial charge on any atom is -0.390 e. The van der Waals surface area contributed by atoms with Gasteiger partial charge in [-0.3, -0.25) is 0 Å². The Morgan fingerprint density at radius 1 is 1.55 bits per heavy atom. The number of aliphatic hydroxyl groups excluding tert-OH is 1. The van der Waals surface area contributed by atoms with Crippen molar-refractivity contribution < 1.29 is 18.6 Å². The van der Waals surface area contributed by atoms with Crippen LogP contribution in [-0.4, -0.2) is 30.8 Å². The zero-order valence-corrected chi connectivity index (χ0v) is 6.44. The molecule has 0 aliphatic carbocycles. The van der Waals surface area contributed by atoms with E-state index < -0.39 is 17.9 Å². The maximum absolute atomic E-state index is 12.9. The summed E-state index contributed by atoms with van der Waals surface area (Å²) in [5.74, 6) is -2.99. The van der Waals surface area contributed by atoms with Crippen LogP contribution in [0, 0.1) is 5.41 Å². The van der Waals surface area contributed by atoms with Gasteiger partial charge in [-0.05, 0) is 6.42 Å². The van der Waals surface area contributed by atoms with Crippen LogP contribution in [0.4, 0.5) is 8.78 Å². The molecule has 0 aromatic rings. The number of hydrogen-bond acceptors (Lipinski definition) is 2. The number of alkyl halides is 2. The lowest BCUT2D eigenvalue weighted by Crippen LogP contribution is -2.56. The standard InChI is InChI=1S/C7H12F2O2/c1-2-6(4-11-5-6)7(8,9)3-10/h10H,2-5H2,1H3. The molecule has 1 saturated heterocycles. The van der Waals surface area contributed by atoms with Gasteiger partial charge in [0.15, 0.2) is 0 Å². The van der Waals surface area contributed by atoms with Crippen molar-refractivity contribution in [2.24, 2.45) is 5.41 Å². The fourth-order valence-corrected chi connectivity index (χ4v) is 1.19. The van der Waals surface area contributed by atoms with Crippen LogP contribution in [0.2, 0.25) is 0 Å². The van der Waals surface area contributed by atoms with Crippen LogP contribution >= 0.6 is 0 Å². The second-order valence-electron chi connectivity index (χ2n) is 2.99. The summed E-state index contributed by atoms with van der Waals surface area (Å²) in [4.78, 5) is 0. The normalized spacial score (nSPS) is 22.9. The first-order valence-corrected chi connectivity index (χ1v) is 3.64. The molecule has 0 atom stereocenters. The van der Waals surface area contributed by atoms with Crippen molar-refractivity contribution in [3.63, 3.8) is 0 Å². The van der Waals surface area contributed by atoms with Gasteiger partial charge in [0.25, 0.3) is 5.92 Å². The van der Waals surface area contributed by atoms with Crippen molar-refractivity contribution in [1.29, 1.82) is 0 Å². The SMILES string of the molecule is CCC1(C(F)(F)CO)COC1. The smallest absolute Gasteiger partial charge is 0.280 e. The van der Waals surface area contributed by atoms with Gasteiger partial charge in [0, 0.05) is 0 Å². The van der Waals surface area contributed by atoms with E-state index in [1.165, 1.54) is 0 Å². The largest absolute Gasteiger partial charge is 0.390 e. The third-order valence-electron chi connectivity index (χ3n) is 2.41. The number of aliphatic hydroxyl groups is 1. The quantitative estimate of drug-likeness (QED) is 0.678. The summed E-state index contributed by atoms with van der Waals surface area (Å²) in [6.07, 6.45) is 0.348. The molecule has 0 radical (unpaired) electrons. The van der Waals surface area contributed by atoms with E-state index in [1.54, 1.807) is 6.92 Å². The second-order valence-corrected chi connectivity index (χ2v) is 2.99. The van der Waals surface area contributed by atoms with Crippen molar-refractivity contribution in [2.45, 2.75) is 19.3 Å². The predicted octanol–water partition coefficient (Wildman–Crippen LogP) is 1.04. The van der Waals surface area contributed by atoms with Crippen LogP contribution in [0.3, 0.4) is 0 Å². The molecule has 1 rings (SSSR count). The molecule has 1 aliphatic heterocycles. The molecule has 11 heavy (non-hydrogen) atoms. The Bertz CT molecular complexity index is 138. The van der Waals surface area contributed by atoms with Gasteiger partial charge in [0.05, 0.1) is 18.6 Å². The Labute approximate surface area is 64.2 Å². The zero-order chi connectivity index (χ0) is 8.54. The Morgan fingerprint density at radius 3 is 2.18 bits per heavy atom. The van der Waals surface area contributed by atoms with Crippen molar-refractivity contribution in [1.82, 2.24) is 0 Å². The lowest BCUT2D eigenvalue weighted by atomic mass is 9.77. The molecule has 0 bridgehead atoms. The van der Waals surface area contributed by atoms with Crippen LogP contribution < -0.4 is 0 Å². The Balaban J connectivity index is 2.68. The van der Waals surface area contributed by atoms with Crippen LogP contribution in [0.5, 0.6) is 0 Å². The van der Waals surface area contributed by atoms with Crippen LogP contribution in [0.15, 0.2) is 0 Å². The Kier molecular flexibility index (Phi) is 2.16. The van der Waals surface area contributed by atoms with E-state index in [1.807, 2.05) is 0 Å². The minimum atomic E-state index is -2.99. The maximum Gasteiger partial charge on any atom is 0.280 e. The van der Waals surface area contributed by atoms with Gasteiger partial charge >= 0.3 is 0 Å². The van der Waals surface area contributed by atoms with Crippen LogP contribution in [0.25, 0.3) is 0 Å². The predicted molar refractivity (Wildman–Crippen MR) is 35.6 cm³/mol. The lowest BCUT2D eigenvalue weighted by molar-refractivity contribution is -0.256. The second kappa shape index (κ2) is 2.68. The molecule has 66 valence electrons. The van der Waals surface area contributed by atoms with Gasteiger partial charge in [0.2, 0.25) is 0 Å². The Morgan fingerprint density at radius 2 is 2.09 bits per heavy atom. The summed E-state index contributed by atoms with van der Waals surface area (Å²) in [7, 11) is 0. The van der Waals surface area contributed by atoms with Crippen molar-refractivity contribution in [3.05, 3.63) is 0 Å². The molecule has 2 nitrogen and oxygen atoms in total. The molecule has 0 aromatic heterocycles. The van der Waals surface area contributed by atoms with E-state index in [-0.39, 0.29) is 13.2 Å². The highest BCUT2D eigenvalue weighted by atomic mass is 19.3. The third kappa shape index (κ3) is 1.14. The van der Waals surface area contributed by atoms with E-state index in [9.17, 15) is 8.78 Å². The van der Waals surface area contributed by atoms with Gasteiger partial charge in [0.1, 0.15) is 6.61 Å².